The van der Waals surface area contributed by atoms with Crippen molar-refractivity contribution in [3.63, 3.8) is 0 Å². The van der Waals surface area contributed by atoms with Crippen molar-refractivity contribution < 1.29 is 23.1 Å². The van der Waals surface area contributed by atoms with Gasteiger partial charge in [0.05, 0.1) is 12.1 Å². The molecule has 2 heterocycles. The lowest BCUT2D eigenvalue weighted by Crippen LogP contribution is -2.55. The van der Waals surface area contributed by atoms with E-state index in [1.165, 1.54) is 35.8 Å². The van der Waals surface area contributed by atoms with E-state index in [1.807, 2.05) is 27.0 Å². The van der Waals surface area contributed by atoms with E-state index >= 15 is 0 Å². The van der Waals surface area contributed by atoms with Gasteiger partial charge >= 0.3 is 6.18 Å². The van der Waals surface area contributed by atoms with Gasteiger partial charge in [0.1, 0.15) is 10.6 Å². The van der Waals surface area contributed by atoms with E-state index in [1.54, 1.807) is 9.58 Å². The summed E-state index contributed by atoms with van der Waals surface area (Å²) in [6, 6.07) is 4.88. The number of hydrogen-bond donors (Lipinski definition) is 1. The van der Waals surface area contributed by atoms with Crippen LogP contribution in [0.5, 0.6) is 0 Å². The third-order valence-electron chi connectivity index (χ3n) is 4.77. The predicted molar refractivity (Wildman–Crippen MR) is 109 cm³/mol. The molecule has 0 spiro atoms. The standard InChI is InChI=1S/C20H25F3N4O2S/c1-19(2,3)11-26-15-14(16(28)25(4)18(26)29)17(30-5)27(24-15)10-12-6-8-13(9-7-12)20(21,22)23/h6-9,18,29H,10-11H2,1-5H3. The molecule has 0 saturated heterocycles. The minimum Gasteiger partial charge on any atom is -0.356 e. The zero-order chi connectivity index (χ0) is 22.4. The van der Waals surface area contributed by atoms with Gasteiger partial charge in [-0.05, 0) is 29.4 Å². The van der Waals surface area contributed by atoms with Crippen molar-refractivity contribution in [3.8, 4) is 0 Å². The van der Waals surface area contributed by atoms with E-state index < -0.39 is 18.1 Å². The van der Waals surface area contributed by atoms with Gasteiger partial charge in [0, 0.05) is 13.6 Å². The van der Waals surface area contributed by atoms with Gasteiger partial charge in [0.2, 0.25) is 6.35 Å². The summed E-state index contributed by atoms with van der Waals surface area (Å²) < 4.78 is 40.1. The fraction of sp³-hybridized carbons (Fsp3) is 0.500. The molecule has 1 N–H and O–H groups in total. The Kier molecular flexibility index (Phi) is 5.85. The average molecular weight is 443 g/mol. The number of amides is 1. The number of thioether (sulfide) groups is 1. The Bertz CT molecular complexity index is 935. The monoisotopic (exact) mass is 442 g/mol. The molecule has 10 heteroatoms. The first kappa shape index (κ1) is 22.5. The topological polar surface area (TPSA) is 61.6 Å². The van der Waals surface area contributed by atoms with Crippen LogP contribution in [0.15, 0.2) is 29.3 Å². The molecule has 0 aliphatic carbocycles. The van der Waals surface area contributed by atoms with Gasteiger partial charge in [-0.2, -0.15) is 18.3 Å². The summed E-state index contributed by atoms with van der Waals surface area (Å²) in [6.45, 7) is 6.72. The average Bonchev–Trinajstić information content (AvgIpc) is 3.00. The number of aromatic nitrogens is 2. The number of carbonyl (C=O) groups excluding carboxylic acids is 1. The van der Waals surface area contributed by atoms with Crippen LogP contribution >= 0.6 is 11.8 Å². The lowest BCUT2D eigenvalue weighted by molar-refractivity contribution is -0.137. The zero-order valence-corrected chi connectivity index (χ0v) is 18.3. The Hall–Kier alpha value is -2.20. The van der Waals surface area contributed by atoms with Gasteiger partial charge in [-0.25, -0.2) is 0 Å². The van der Waals surface area contributed by atoms with Crippen LogP contribution in [0, 0.1) is 5.41 Å². The fourth-order valence-corrected chi connectivity index (χ4v) is 4.08. The molecule has 6 nitrogen and oxygen atoms in total. The predicted octanol–water partition coefficient (Wildman–Crippen LogP) is 3.89. The second-order valence-electron chi connectivity index (χ2n) is 8.51. The third-order valence-corrected chi connectivity index (χ3v) is 5.57. The molecule has 1 atom stereocenters. The SMILES string of the molecule is CSc1c2c(nn1Cc1ccc(C(F)(F)F)cc1)N(CC(C)(C)C)C(O)N(C)C2=O. The van der Waals surface area contributed by atoms with E-state index in [9.17, 15) is 23.1 Å². The molecule has 1 aliphatic rings. The number of fused-ring (bicyclic) bond motifs is 1. The smallest absolute Gasteiger partial charge is 0.356 e. The van der Waals surface area contributed by atoms with E-state index in [2.05, 4.69) is 5.10 Å². The number of carbonyl (C=O) groups is 1. The van der Waals surface area contributed by atoms with Gasteiger partial charge in [-0.1, -0.05) is 32.9 Å². The third kappa shape index (κ3) is 4.29. The Morgan fingerprint density at radius 2 is 1.77 bits per heavy atom. The number of halogens is 3. The van der Waals surface area contributed by atoms with Crippen molar-refractivity contribution in [1.82, 2.24) is 14.7 Å². The lowest BCUT2D eigenvalue weighted by Gasteiger charge is -2.41. The summed E-state index contributed by atoms with van der Waals surface area (Å²) in [5.74, 6) is 0.0439. The van der Waals surface area contributed by atoms with Crippen molar-refractivity contribution in [2.75, 3.05) is 24.7 Å². The number of alkyl halides is 3. The quantitative estimate of drug-likeness (QED) is 0.728. The highest BCUT2D eigenvalue weighted by molar-refractivity contribution is 7.98. The molecule has 3 rings (SSSR count). The van der Waals surface area contributed by atoms with Crippen LogP contribution in [0.25, 0.3) is 0 Å². The number of anilines is 1. The van der Waals surface area contributed by atoms with E-state index in [0.29, 0.717) is 28.5 Å². The second kappa shape index (κ2) is 7.81. The maximum Gasteiger partial charge on any atom is 0.416 e. The Morgan fingerprint density at radius 1 is 1.17 bits per heavy atom. The van der Waals surface area contributed by atoms with Crippen LogP contribution in [0.4, 0.5) is 19.0 Å². The summed E-state index contributed by atoms with van der Waals surface area (Å²) in [6.07, 6.45) is -3.73. The highest BCUT2D eigenvalue weighted by atomic mass is 32.2. The summed E-state index contributed by atoms with van der Waals surface area (Å²) >= 11 is 1.34. The molecule has 0 bridgehead atoms. The van der Waals surface area contributed by atoms with Crippen molar-refractivity contribution in [1.29, 1.82) is 0 Å². The lowest BCUT2D eigenvalue weighted by atomic mass is 9.95. The Balaban J connectivity index is 2.02. The van der Waals surface area contributed by atoms with Crippen LogP contribution in [-0.2, 0) is 12.7 Å². The molecule has 0 saturated carbocycles. The van der Waals surface area contributed by atoms with Crippen LogP contribution in [0.3, 0.4) is 0 Å². The van der Waals surface area contributed by atoms with E-state index in [0.717, 1.165) is 12.1 Å². The minimum atomic E-state index is -4.39. The molecule has 0 fully saturated rings. The van der Waals surface area contributed by atoms with Crippen LogP contribution in [-0.4, -0.2) is 51.9 Å². The van der Waals surface area contributed by atoms with Gasteiger partial charge in [-0.15, -0.1) is 11.8 Å². The summed E-state index contributed by atoms with van der Waals surface area (Å²) in [5.41, 5.74) is 0.136. The first-order chi connectivity index (χ1) is 13.8. The maximum absolute atomic E-state index is 12.9. The number of rotatable bonds is 4. The minimum absolute atomic E-state index is 0.170. The fourth-order valence-electron chi connectivity index (χ4n) is 3.38. The van der Waals surface area contributed by atoms with Crippen LogP contribution in [0.1, 0.15) is 42.3 Å². The van der Waals surface area contributed by atoms with Gasteiger partial charge in [0.25, 0.3) is 5.91 Å². The number of aliphatic hydroxyl groups excluding tert-OH is 1. The Morgan fingerprint density at radius 3 is 2.27 bits per heavy atom. The molecule has 2 aromatic rings. The van der Waals surface area contributed by atoms with Gasteiger partial charge in [0.15, 0.2) is 5.82 Å². The first-order valence-electron chi connectivity index (χ1n) is 9.36. The number of hydrogen-bond acceptors (Lipinski definition) is 5. The molecule has 1 amide bonds. The Labute approximate surface area is 177 Å². The molecule has 1 aliphatic heterocycles. The summed E-state index contributed by atoms with van der Waals surface area (Å²) in [4.78, 5) is 15.8. The molecular weight excluding hydrogens is 417 g/mol. The maximum atomic E-state index is 12.9. The first-order valence-corrected chi connectivity index (χ1v) is 10.6. The highest BCUT2D eigenvalue weighted by Gasteiger charge is 2.41. The number of nitrogens with zero attached hydrogens (tertiary/aromatic N) is 4. The van der Waals surface area contributed by atoms with E-state index in [-0.39, 0.29) is 17.9 Å². The second-order valence-corrected chi connectivity index (χ2v) is 9.31. The normalized spacial score (nSPS) is 17.5. The van der Waals surface area contributed by atoms with Crippen LogP contribution < -0.4 is 4.90 Å². The van der Waals surface area contributed by atoms with Crippen molar-refractivity contribution >= 4 is 23.5 Å². The molecule has 1 aromatic heterocycles. The van der Waals surface area contributed by atoms with Crippen molar-refractivity contribution in [2.24, 2.45) is 5.41 Å². The molecule has 1 aromatic carbocycles. The summed E-state index contributed by atoms with van der Waals surface area (Å²) in [5, 5.41) is 15.8. The largest absolute Gasteiger partial charge is 0.416 e. The molecule has 1 unspecified atom stereocenters. The van der Waals surface area contributed by atoms with E-state index in [4.69, 9.17) is 0 Å². The number of benzene rings is 1. The molecule has 0 radical (unpaired) electrons. The van der Waals surface area contributed by atoms with Crippen molar-refractivity contribution in [3.05, 3.63) is 41.0 Å². The van der Waals surface area contributed by atoms with Crippen molar-refractivity contribution in [2.45, 2.75) is 44.9 Å². The molecule has 30 heavy (non-hydrogen) atoms. The summed E-state index contributed by atoms with van der Waals surface area (Å²) in [7, 11) is 1.53. The zero-order valence-electron chi connectivity index (χ0n) is 17.5. The van der Waals surface area contributed by atoms with Crippen LogP contribution in [0.2, 0.25) is 0 Å². The van der Waals surface area contributed by atoms with Gasteiger partial charge < -0.3 is 10.0 Å². The molecular formula is C20H25F3N4O2S. The highest BCUT2D eigenvalue weighted by Crippen LogP contribution is 2.37. The van der Waals surface area contributed by atoms with Gasteiger partial charge in [-0.3, -0.25) is 14.4 Å². The molecule has 164 valence electrons. The number of aliphatic hydroxyl groups is 1.